The first-order valence-electron chi connectivity index (χ1n) is 6.22. The first-order chi connectivity index (χ1) is 7.11. The van der Waals surface area contributed by atoms with Crippen molar-refractivity contribution >= 4 is 0 Å². The zero-order valence-electron chi connectivity index (χ0n) is 10.5. The van der Waals surface area contributed by atoms with E-state index in [1.165, 1.54) is 37.9 Å². The number of hydrogen-bond acceptors (Lipinski definition) is 1. The molecule has 0 N–H and O–H groups in total. The Morgan fingerprint density at radius 2 is 1.73 bits per heavy atom. The smallest absolute Gasteiger partial charge is 0.0252 e. The molecule has 0 aromatic carbocycles. The molecule has 1 aliphatic rings. The van der Waals surface area contributed by atoms with Crippen LogP contribution in [0.2, 0.25) is 0 Å². The lowest BCUT2D eigenvalue weighted by Gasteiger charge is -2.30. The van der Waals surface area contributed by atoms with Gasteiger partial charge in [0.25, 0.3) is 0 Å². The van der Waals surface area contributed by atoms with Gasteiger partial charge in [0.1, 0.15) is 0 Å². The monoisotopic (exact) mass is 207 g/mol. The van der Waals surface area contributed by atoms with E-state index in [1.807, 2.05) is 0 Å². The fourth-order valence-electron chi connectivity index (χ4n) is 1.90. The highest BCUT2D eigenvalue weighted by molar-refractivity contribution is 5.17. The SMILES string of the molecule is C=C(/C=C/[C@H](C)N1CCCCC1)C(C)C. The molecule has 0 bridgehead atoms. The molecule has 0 amide bonds. The Kier molecular flexibility index (Phi) is 5.10. The standard InChI is InChI=1S/C14H25N/c1-12(2)13(3)8-9-14(4)15-10-6-5-7-11-15/h8-9,12,14H,3,5-7,10-11H2,1-2,4H3/b9-8+/t14-/m0/s1. The van der Waals surface area contributed by atoms with E-state index in [-0.39, 0.29) is 0 Å². The molecular formula is C14H25N. The lowest BCUT2D eigenvalue weighted by molar-refractivity contribution is 0.201. The number of hydrogen-bond donors (Lipinski definition) is 0. The molecule has 1 saturated heterocycles. The Labute approximate surface area is 94.9 Å². The molecule has 0 radical (unpaired) electrons. The third-order valence-electron chi connectivity index (χ3n) is 3.30. The molecule has 0 aromatic heterocycles. The first kappa shape index (κ1) is 12.5. The lowest BCUT2D eigenvalue weighted by Crippen LogP contribution is -2.36. The predicted molar refractivity (Wildman–Crippen MR) is 68.0 cm³/mol. The normalized spacial score (nSPS) is 21.1. The van der Waals surface area contributed by atoms with Gasteiger partial charge in [-0.2, -0.15) is 0 Å². The third kappa shape index (κ3) is 4.21. The minimum atomic E-state index is 0.565. The van der Waals surface area contributed by atoms with E-state index < -0.39 is 0 Å². The highest BCUT2D eigenvalue weighted by Gasteiger charge is 2.13. The van der Waals surface area contributed by atoms with E-state index in [9.17, 15) is 0 Å². The molecule has 15 heavy (non-hydrogen) atoms. The largest absolute Gasteiger partial charge is 0.297 e. The van der Waals surface area contributed by atoms with Crippen molar-refractivity contribution in [1.29, 1.82) is 0 Å². The fraction of sp³-hybridized carbons (Fsp3) is 0.714. The van der Waals surface area contributed by atoms with Crippen LogP contribution in [0.25, 0.3) is 0 Å². The molecule has 1 fully saturated rings. The number of allylic oxidation sites excluding steroid dienone is 2. The second-order valence-electron chi connectivity index (χ2n) is 4.93. The topological polar surface area (TPSA) is 3.24 Å². The van der Waals surface area contributed by atoms with Gasteiger partial charge in [-0.25, -0.2) is 0 Å². The van der Waals surface area contributed by atoms with Gasteiger partial charge in [0, 0.05) is 6.04 Å². The van der Waals surface area contributed by atoms with Crippen molar-refractivity contribution in [3.05, 3.63) is 24.3 Å². The summed E-state index contributed by atoms with van der Waals surface area (Å²) in [6.45, 7) is 13.3. The van der Waals surface area contributed by atoms with Crippen LogP contribution in [0.15, 0.2) is 24.3 Å². The van der Waals surface area contributed by atoms with Crippen LogP contribution in [0, 0.1) is 5.92 Å². The number of likely N-dealkylation sites (tertiary alicyclic amines) is 1. The number of nitrogens with zero attached hydrogens (tertiary/aromatic N) is 1. The van der Waals surface area contributed by atoms with E-state index in [2.05, 4.69) is 44.4 Å². The van der Waals surface area contributed by atoms with Gasteiger partial charge < -0.3 is 0 Å². The fourth-order valence-corrected chi connectivity index (χ4v) is 1.90. The maximum Gasteiger partial charge on any atom is 0.0252 e. The van der Waals surface area contributed by atoms with Gasteiger partial charge in [-0.05, 0) is 38.8 Å². The summed E-state index contributed by atoms with van der Waals surface area (Å²) in [7, 11) is 0. The minimum absolute atomic E-state index is 0.565. The molecule has 0 saturated carbocycles. The summed E-state index contributed by atoms with van der Waals surface area (Å²) in [6, 6.07) is 0.570. The van der Waals surface area contributed by atoms with E-state index in [1.54, 1.807) is 0 Å². The number of rotatable bonds is 4. The second-order valence-corrected chi connectivity index (χ2v) is 4.93. The molecule has 1 atom stereocenters. The Morgan fingerprint density at radius 1 is 1.13 bits per heavy atom. The molecule has 1 heteroatoms. The van der Waals surface area contributed by atoms with Crippen LogP contribution in [0.1, 0.15) is 40.0 Å². The Hall–Kier alpha value is -0.560. The average Bonchev–Trinajstić information content (AvgIpc) is 2.26. The van der Waals surface area contributed by atoms with Crippen LogP contribution in [0.5, 0.6) is 0 Å². The van der Waals surface area contributed by atoms with E-state index >= 15 is 0 Å². The molecule has 1 rings (SSSR count). The highest BCUT2D eigenvalue weighted by Crippen LogP contribution is 2.14. The van der Waals surface area contributed by atoms with Crippen molar-refractivity contribution in [3.63, 3.8) is 0 Å². The van der Waals surface area contributed by atoms with Gasteiger partial charge in [-0.15, -0.1) is 0 Å². The van der Waals surface area contributed by atoms with Crippen molar-refractivity contribution < 1.29 is 0 Å². The maximum absolute atomic E-state index is 4.07. The average molecular weight is 207 g/mol. The van der Waals surface area contributed by atoms with Crippen molar-refractivity contribution in [1.82, 2.24) is 4.90 Å². The minimum Gasteiger partial charge on any atom is -0.297 e. The lowest BCUT2D eigenvalue weighted by atomic mass is 10.0. The molecule has 0 aliphatic carbocycles. The van der Waals surface area contributed by atoms with Crippen molar-refractivity contribution in [3.8, 4) is 0 Å². The quantitative estimate of drug-likeness (QED) is 0.636. The first-order valence-corrected chi connectivity index (χ1v) is 6.22. The predicted octanol–water partition coefficient (Wildman–Crippen LogP) is 3.63. The summed E-state index contributed by atoms with van der Waals surface area (Å²) in [5.74, 6) is 0.565. The third-order valence-corrected chi connectivity index (χ3v) is 3.30. The summed E-state index contributed by atoms with van der Waals surface area (Å²) in [4.78, 5) is 2.56. The molecule has 86 valence electrons. The van der Waals surface area contributed by atoms with E-state index in [0.717, 1.165) is 0 Å². The summed E-state index contributed by atoms with van der Waals surface area (Å²) in [6.07, 6.45) is 8.63. The van der Waals surface area contributed by atoms with E-state index in [0.29, 0.717) is 12.0 Å². The zero-order valence-corrected chi connectivity index (χ0v) is 10.5. The molecular weight excluding hydrogens is 182 g/mol. The second kappa shape index (κ2) is 6.12. The Balaban J connectivity index is 2.39. The Morgan fingerprint density at radius 3 is 2.27 bits per heavy atom. The molecule has 1 heterocycles. The number of piperidine rings is 1. The van der Waals surface area contributed by atoms with Gasteiger partial charge >= 0.3 is 0 Å². The molecule has 0 unspecified atom stereocenters. The maximum atomic E-state index is 4.07. The van der Waals surface area contributed by atoms with Crippen molar-refractivity contribution in [2.45, 2.75) is 46.1 Å². The van der Waals surface area contributed by atoms with Crippen LogP contribution in [0.3, 0.4) is 0 Å². The van der Waals surface area contributed by atoms with Crippen LogP contribution in [-0.4, -0.2) is 24.0 Å². The molecule has 1 nitrogen and oxygen atoms in total. The summed E-state index contributed by atoms with van der Waals surface area (Å²) >= 11 is 0. The van der Waals surface area contributed by atoms with Crippen LogP contribution >= 0.6 is 0 Å². The summed E-state index contributed by atoms with van der Waals surface area (Å²) in [5, 5.41) is 0. The zero-order chi connectivity index (χ0) is 11.3. The van der Waals surface area contributed by atoms with E-state index in [4.69, 9.17) is 0 Å². The summed E-state index contributed by atoms with van der Waals surface area (Å²) < 4.78 is 0. The van der Waals surface area contributed by atoms with Gasteiger partial charge in [0.15, 0.2) is 0 Å². The van der Waals surface area contributed by atoms with Gasteiger partial charge in [0.2, 0.25) is 0 Å². The molecule has 1 aliphatic heterocycles. The highest BCUT2D eigenvalue weighted by atomic mass is 15.1. The van der Waals surface area contributed by atoms with Crippen LogP contribution in [-0.2, 0) is 0 Å². The van der Waals surface area contributed by atoms with Gasteiger partial charge in [0.05, 0.1) is 0 Å². The molecule has 0 aromatic rings. The van der Waals surface area contributed by atoms with Crippen molar-refractivity contribution in [2.24, 2.45) is 5.92 Å². The summed E-state index contributed by atoms with van der Waals surface area (Å²) in [5.41, 5.74) is 1.24. The van der Waals surface area contributed by atoms with Gasteiger partial charge in [-0.1, -0.05) is 44.6 Å². The van der Waals surface area contributed by atoms with Crippen LogP contribution in [0.4, 0.5) is 0 Å². The Bertz CT molecular complexity index is 221. The van der Waals surface area contributed by atoms with Gasteiger partial charge in [-0.3, -0.25) is 4.90 Å². The van der Waals surface area contributed by atoms with Crippen molar-refractivity contribution in [2.75, 3.05) is 13.1 Å². The molecule has 0 spiro atoms. The van der Waals surface area contributed by atoms with Crippen LogP contribution < -0.4 is 0 Å².